The second-order valence-corrected chi connectivity index (χ2v) is 10.9. The molecule has 7 nitrogen and oxygen atoms in total. The Labute approximate surface area is 217 Å². The molecule has 0 fully saturated rings. The molecule has 0 atom stereocenters. The number of nitrogens with zero attached hydrogens (tertiary/aromatic N) is 2. The first-order chi connectivity index (χ1) is 17.6. The van der Waals surface area contributed by atoms with E-state index in [1.165, 1.54) is 5.56 Å². The minimum atomic E-state index is -0.987. The maximum Gasteiger partial charge on any atom is 0.337 e. The number of benzene rings is 2. The van der Waals surface area contributed by atoms with Gasteiger partial charge in [-0.25, -0.2) is 4.79 Å². The van der Waals surface area contributed by atoms with Crippen molar-refractivity contribution in [3.05, 3.63) is 82.2 Å². The zero-order valence-corrected chi connectivity index (χ0v) is 22.0. The van der Waals surface area contributed by atoms with Crippen LogP contribution in [-0.4, -0.2) is 39.5 Å². The second kappa shape index (κ2) is 9.21. The van der Waals surface area contributed by atoms with E-state index in [1.54, 1.807) is 12.3 Å². The van der Waals surface area contributed by atoms with Gasteiger partial charge in [-0.2, -0.15) is 0 Å². The molecule has 3 heterocycles. The number of carbonyl (C=O) groups is 1. The van der Waals surface area contributed by atoms with Crippen molar-refractivity contribution in [1.29, 1.82) is 0 Å². The normalized spacial score (nSPS) is 16.7. The Morgan fingerprint density at radius 3 is 2.65 bits per heavy atom. The predicted octanol–water partition coefficient (Wildman–Crippen LogP) is 5.68. The fourth-order valence-corrected chi connectivity index (χ4v) is 5.25. The maximum atomic E-state index is 12.0. The van der Waals surface area contributed by atoms with Crippen LogP contribution in [0.15, 0.2) is 53.7 Å². The number of hydrogen-bond donors (Lipinski definition) is 2. The first-order valence-corrected chi connectivity index (χ1v) is 12.7. The molecule has 0 amide bonds. The molecule has 0 aliphatic carbocycles. The third kappa shape index (κ3) is 4.90. The van der Waals surface area contributed by atoms with Crippen molar-refractivity contribution in [3.8, 4) is 11.5 Å². The molecule has 2 aromatic carbocycles. The van der Waals surface area contributed by atoms with Crippen molar-refractivity contribution in [2.45, 2.75) is 65.1 Å². The highest BCUT2D eigenvalue weighted by molar-refractivity contribution is 6.17. The standard InChI is InChI=1S/C30H33N3O4/c1-6-36-24-14-19-15-29(2,3)33-26(25(19)22-16-30(4,5)37-27(22)24)18-10-11-21(28(34)35)23(13-18)32-17-20-9-7-8-12-31-20/h7-14,32H,6,15-17H2,1-5H3,(H,34,35). The summed E-state index contributed by atoms with van der Waals surface area (Å²) in [6.45, 7) is 11.4. The van der Waals surface area contributed by atoms with Crippen LogP contribution in [0.2, 0.25) is 0 Å². The maximum absolute atomic E-state index is 12.0. The van der Waals surface area contributed by atoms with Crippen LogP contribution in [0.1, 0.15) is 72.9 Å². The van der Waals surface area contributed by atoms with E-state index in [2.05, 4.69) is 44.1 Å². The van der Waals surface area contributed by atoms with Crippen molar-refractivity contribution in [3.63, 3.8) is 0 Å². The van der Waals surface area contributed by atoms with Gasteiger partial charge in [-0.15, -0.1) is 0 Å². The number of ether oxygens (including phenoxy) is 2. The van der Waals surface area contributed by atoms with Crippen LogP contribution in [0.3, 0.4) is 0 Å². The highest BCUT2D eigenvalue weighted by Gasteiger charge is 2.40. The molecule has 2 aliphatic heterocycles. The summed E-state index contributed by atoms with van der Waals surface area (Å²) in [4.78, 5) is 21.6. The lowest BCUT2D eigenvalue weighted by atomic mass is 9.80. The zero-order valence-electron chi connectivity index (χ0n) is 22.0. The van der Waals surface area contributed by atoms with Crippen LogP contribution in [0.5, 0.6) is 11.5 Å². The van der Waals surface area contributed by atoms with Gasteiger partial charge in [0.05, 0.1) is 35.7 Å². The number of nitrogens with one attached hydrogen (secondary N) is 1. The summed E-state index contributed by atoms with van der Waals surface area (Å²) in [7, 11) is 0. The van der Waals surface area contributed by atoms with Crippen LogP contribution >= 0.6 is 0 Å². The van der Waals surface area contributed by atoms with Gasteiger partial charge in [0.1, 0.15) is 5.60 Å². The number of aromatic nitrogens is 1. The third-order valence-corrected chi connectivity index (χ3v) is 6.69. The Morgan fingerprint density at radius 2 is 1.95 bits per heavy atom. The molecule has 192 valence electrons. The van der Waals surface area contributed by atoms with E-state index in [-0.39, 0.29) is 16.7 Å². The molecule has 1 aromatic heterocycles. The lowest BCUT2D eigenvalue weighted by molar-refractivity contribution is 0.0698. The number of hydrogen-bond acceptors (Lipinski definition) is 6. The smallest absolute Gasteiger partial charge is 0.337 e. The Morgan fingerprint density at radius 1 is 1.14 bits per heavy atom. The third-order valence-electron chi connectivity index (χ3n) is 6.69. The number of carboxylic acid groups (broad SMARTS) is 1. The summed E-state index contributed by atoms with van der Waals surface area (Å²) >= 11 is 0. The van der Waals surface area contributed by atoms with Gasteiger partial charge in [-0.1, -0.05) is 12.1 Å². The van der Waals surface area contributed by atoms with E-state index >= 15 is 0 Å². The quantitative estimate of drug-likeness (QED) is 0.435. The SMILES string of the molecule is CCOc1cc2c(c3c1OC(C)(C)C3)C(c1ccc(C(=O)O)c(NCc3ccccn3)c1)=NC(C)(C)C2. The van der Waals surface area contributed by atoms with Crippen LogP contribution < -0.4 is 14.8 Å². The number of anilines is 1. The highest BCUT2D eigenvalue weighted by Crippen LogP contribution is 2.48. The Kier molecular flexibility index (Phi) is 6.18. The van der Waals surface area contributed by atoms with Gasteiger partial charge in [-0.3, -0.25) is 9.98 Å². The Bertz CT molecular complexity index is 1390. The summed E-state index contributed by atoms with van der Waals surface area (Å²) in [6, 6.07) is 13.2. The molecule has 5 rings (SSSR count). The summed E-state index contributed by atoms with van der Waals surface area (Å²) in [5, 5.41) is 13.1. The van der Waals surface area contributed by atoms with E-state index in [0.29, 0.717) is 18.8 Å². The van der Waals surface area contributed by atoms with Crippen molar-refractivity contribution >= 4 is 17.4 Å². The van der Waals surface area contributed by atoms with E-state index in [0.717, 1.165) is 52.4 Å². The zero-order chi connectivity index (χ0) is 26.4. The van der Waals surface area contributed by atoms with Gasteiger partial charge >= 0.3 is 5.97 Å². The van der Waals surface area contributed by atoms with Gasteiger partial charge in [0, 0.05) is 35.0 Å². The summed E-state index contributed by atoms with van der Waals surface area (Å²) in [5.41, 5.74) is 5.93. The molecule has 3 aromatic rings. The second-order valence-electron chi connectivity index (χ2n) is 10.9. The minimum Gasteiger partial charge on any atom is -0.490 e. The molecule has 0 radical (unpaired) electrons. The number of rotatable bonds is 7. The number of fused-ring (bicyclic) bond motifs is 3. The molecular weight excluding hydrogens is 466 g/mol. The van der Waals surface area contributed by atoms with E-state index < -0.39 is 5.97 Å². The fraction of sp³-hybridized carbons (Fsp3) is 0.367. The van der Waals surface area contributed by atoms with Crippen molar-refractivity contribution in [2.75, 3.05) is 11.9 Å². The van der Waals surface area contributed by atoms with E-state index in [1.807, 2.05) is 37.3 Å². The molecule has 0 unspecified atom stereocenters. The molecule has 0 bridgehead atoms. The Hall–Kier alpha value is -3.87. The van der Waals surface area contributed by atoms with Crippen molar-refractivity contribution < 1.29 is 19.4 Å². The Balaban J connectivity index is 1.63. The van der Waals surface area contributed by atoms with E-state index in [9.17, 15) is 9.90 Å². The number of aromatic carboxylic acids is 1. The number of carboxylic acids is 1. The summed E-state index contributed by atoms with van der Waals surface area (Å²) in [6.07, 6.45) is 3.24. The van der Waals surface area contributed by atoms with Crippen LogP contribution in [0.4, 0.5) is 5.69 Å². The molecule has 0 spiro atoms. The predicted molar refractivity (Wildman–Crippen MR) is 144 cm³/mol. The minimum absolute atomic E-state index is 0.206. The van der Waals surface area contributed by atoms with Gasteiger partial charge < -0.3 is 19.9 Å². The van der Waals surface area contributed by atoms with Crippen LogP contribution in [0.25, 0.3) is 0 Å². The topological polar surface area (TPSA) is 93.0 Å². The molecule has 7 heteroatoms. The first-order valence-electron chi connectivity index (χ1n) is 12.7. The molecule has 2 aliphatic rings. The first kappa shape index (κ1) is 24.8. The van der Waals surface area contributed by atoms with Gasteiger partial charge in [0.15, 0.2) is 11.5 Å². The van der Waals surface area contributed by atoms with Crippen LogP contribution in [0, 0.1) is 0 Å². The highest BCUT2D eigenvalue weighted by atomic mass is 16.5. The van der Waals surface area contributed by atoms with E-state index in [4.69, 9.17) is 14.5 Å². The fourth-order valence-electron chi connectivity index (χ4n) is 5.25. The number of pyridine rings is 1. The van der Waals surface area contributed by atoms with Gasteiger partial charge in [-0.05, 0) is 76.9 Å². The number of aliphatic imine (C=N–C) groups is 1. The van der Waals surface area contributed by atoms with Gasteiger partial charge in [0.2, 0.25) is 0 Å². The summed E-state index contributed by atoms with van der Waals surface area (Å²) < 4.78 is 12.4. The summed E-state index contributed by atoms with van der Waals surface area (Å²) in [5.74, 6) is 0.574. The average Bonchev–Trinajstić information content (AvgIpc) is 3.17. The molecular formula is C30H33N3O4. The molecule has 37 heavy (non-hydrogen) atoms. The lowest BCUT2D eigenvalue weighted by Crippen LogP contribution is -2.30. The largest absolute Gasteiger partial charge is 0.490 e. The molecule has 2 N–H and O–H groups in total. The van der Waals surface area contributed by atoms with Crippen molar-refractivity contribution in [2.24, 2.45) is 4.99 Å². The van der Waals surface area contributed by atoms with Crippen molar-refractivity contribution in [1.82, 2.24) is 4.98 Å². The monoisotopic (exact) mass is 499 g/mol. The molecule has 0 saturated heterocycles. The lowest BCUT2D eigenvalue weighted by Gasteiger charge is -2.31. The molecule has 0 saturated carbocycles. The average molecular weight is 500 g/mol. The van der Waals surface area contributed by atoms with Gasteiger partial charge in [0.25, 0.3) is 0 Å². The van der Waals surface area contributed by atoms with Crippen LogP contribution in [-0.2, 0) is 19.4 Å².